The molecule has 2 nitrogen and oxygen atoms in total. The lowest BCUT2D eigenvalue weighted by Gasteiger charge is -1.90. The van der Waals surface area contributed by atoms with Crippen molar-refractivity contribution in [1.82, 2.24) is 0 Å². The average molecular weight is 147 g/mol. The number of allylic oxidation sites excluding steroid dienone is 1. The fourth-order valence-electron chi connectivity index (χ4n) is 0.384. The Morgan fingerprint density at radius 3 is 2.67 bits per heavy atom. The molecular weight excluding hydrogens is 135 g/mol. The minimum Gasteiger partial charge on any atom is -0.143 e. The molecule has 0 rings (SSSR count). The van der Waals surface area contributed by atoms with E-state index in [0.29, 0.717) is 6.16 Å². The Kier molecular flexibility index (Phi) is 4.55. The molecule has 0 spiro atoms. The predicted octanol–water partition coefficient (Wildman–Crippen LogP) is 2.34. The summed E-state index contributed by atoms with van der Waals surface area (Å²) in [7, 11) is -1.49. The normalized spacial score (nSPS) is 11.7. The second kappa shape index (κ2) is 4.66. The Labute approximate surface area is 56.8 Å². The van der Waals surface area contributed by atoms with E-state index in [0.717, 1.165) is 0 Å². The van der Waals surface area contributed by atoms with Gasteiger partial charge < -0.3 is 0 Å². The minimum absolute atomic E-state index is 0.0496. The van der Waals surface area contributed by atoms with E-state index < -0.39 is 8.03 Å². The van der Waals surface area contributed by atoms with E-state index in [-0.39, 0.29) is 6.10 Å². The molecule has 0 aromatic carbocycles. The van der Waals surface area contributed by atoms with Gasteiger partial charge in [0.2, 0.25) is 0 Å². The maximum atomic E-state index is 10.7. The average Bonchev–Trinajstić information content (AvgIpc) is 1.63. The summed E-state index contributed by atoms with van der Waals surface area (Å²) in [4.78, 5) is 0. The zero-order valence-electron chi connectivity index (χ0n) is 5.83. The van der Waals surface area contributed by atoms with Gasteiger partial charge in [0.15, 0.2) is 6.16 Å². The summed E-state index contributed by atoms with van der Waals surface area (Å²) < 4.78 is 15.6. The third kappa shape index (κ3) is 5.67. The third-order valence-corrected chi connectivity index (χ3v) is 1.82. The molecule has 0 saturated heterocycles. The van der Waals surface area contributed by atoms with Crippen molar-refractivity contribution >= 4 is 8.03 Å². The van der Waals surface area contributed by atoms with Crippen molar-refractivity contribution in [3.63, 3.8) is 0 Å². The monoisotopic (exact) mass is 147 g/mol. The molecule has 0 radical (unpaired) electrons. The fourth-order valence-corrected chi connectivity index (χ4v) is 1.15. The van der Waals surface area contributed by atoms with Crippen LogP contribution in [0.5, 0.6) is 0 Å². The maximum absolute atomic E-state index is 10.7. The highest BCUT2D eigenvalue weighted by Gasteiger charge is 2.15. The number of rotatable bonds is 4. The van der Waals surface area contributed by atoms with Gasteiger partial charge in [-0.15, -0.1) is 4.52 Å². The molecule has 0 aliphatic heterocycles. The lowest BCUT2D eigenvalue weighted by Crippen LogP contribution is -1.94. The molecule has 0 amide bonds. The molecule has 0 heterocycles. The minimum atomic E-state index is -1.49. The van der Waals surface area contributed by atoms with Crippen LogP contribution in [0.1, 0.15) is 13.8 Å². The van der Waals surface area contributed by atoms with Crippen LogP contribution in [0, 0.1) is 0 Å². The van der Waals surface area contributed by atoms with E-state index in [1.54, 1.807) is 6.08 Å². The summed E-state index contributed by atoms with van der Waals surface area (Å²) in [5.41, 5.74) is 0. The topological polar surface area (TPSA) is 26.3 Å². The van der Waals surface area contributed by atoms with E-state index in [9.17, 15) is 4.57 Å². The molecular formula is C6H12O2P+. The second-order valence-corrected chi connectivity index (χ2v) is 3.20. The van der Waals surface area contributed by atoms with Crippen molar-refractivity contribution in [3.8, 4) is 0 Å². The lowest BCUT2D eigenvalue weighted by molar-refractivity contribution is 0.257. The van der Waals surface area contributed by atoms with E-state index >= 15 is 0 Å². The van der Waals surface area contributed by atoms with Gasteiger partial charge in [0.05, 0.1) is 0 Å². The van der Waals surface area contributed by atoms with Crippen LogP contribution < -0.4 is 0 Å². The second-order valence-electron chi connectivity index (χ2n) is 1.96. The highest BCUT2D eigenvalue weighted by molar-refractivity contribution is 7.39. The van der Waals surface area contributed by atoms with Crippen LogP contribution in [0.3, 0.4) is 0 Å². The molecule has 0 fully saturated rings. The summed E-state index contributed by atoms with van der Waals surface area (Å²) in [6, 6.07) is 0. The Hall–Kier alpha value is -0.200. The van der Waals surface area contributed by atoms with Gasteiger partial charge >= 0.3 is 8.03 Å². The summed E-state index contributed by atoms with van der Waals surface area (Å²) in [5.74, 6) is 0. The predicted molar refractivity (Wildman–Crippen MR) is 38.9 cm³/mol. The first-order valence-corrected chi connectivity index (χ1v) is 4.25. The smallest absolute Gasteiger partial charge is 0.143 e. The van der Waals surface area contributed by atoms with E-state index in [1.807, 2.05) is 13.8 Å². The molecule has 52 valence electrons. The first-order valence-electron chi connectivity index (χ1n) is 2.89. The SMILES string of the molecule is C=CC[P+](=O)OC(C)C. The molecule has 9 heavy (non-hydrogen) atoms. The summed E-state index contributed by atoms with van der Waals surface area (Å²) in [5, 5.41) is 0. The third-order valence-electron chi connectivity index (χ3n) is 0.607. The van der Waals surface area contributed by atoms with Crippen LogP contribution >= 0.6 is 8.03 Å². The fraction of sp³-hybridized carbons (Fsp3) is 0.667. The molecule has 0 aliphatic rings. The zero-order chi connectivity index (χ0) is 7.28. The van der Waals surface area contributed by atoms with Crippen LogP contribution in [0.15, 0.2) is 12.7 Å². The van der Waals surface area contributed by atoms with Crippen LogP contribution in [-0.2, 0) is 9.09 Å². The van der Waals surface area contributed by atoms with Gasteiger partial charge in [-0.05, 0) is 24.5 Å². The van der Waals surface area contributed by atoms with Gasteiger partial charge in [0.25, 0.3) is 0 Å². The van der Waals surface area contributed by atoms with Crippen molar-refractivity contribution < 1.29 is 9.09 Å². The zero-order valence-corrected chi connectivity index (χ0v) is 6.73. The van der Waals surface area contributed by atoms with Crippen molar-refractivity contribution in [2.45, 2.75) is 20.0 Å². The quantitative estimate of drug-likeness (QED) is 0.450. The molecule has 0 aromatic heterocycles. The van der Waals surface area contributed by atoms with Crippen molar-refractivity contribution in [1.29, 1.82) is 0 Å². The summed E-state index contributed by atoms with van der Waals surface area (Å²) in [6.07, 6.45) is 2.10. The highest BCUT2D eigenvalue weighted by atomic mass is 31.1. The van der Waals surface area contributed by atoms with Gasteiger partial charge in [-0.1, -0.05) is 6.58 Å². The maximum Gasteiger partial charge on any atom is 0.512 e. The standard InChI is InChI=1S/C6H12O2P/c1-4-5-9(7)8-6(2)3/h4,6H,1,5H2,2-3H3/q+1. The van der Waals surface area contributed by atoms with Crippen LogP contribution in [0.4, 0.5) is 0 Å². The van der Waals surface area contributed by atoms with Crippen molar-refractivity contribution in [3.05, 3.63) is 12.7 Å². The van der Waals surface area contributed by atoms with Gasteiger partial charge in [0, 0.05) is 0 Å². The highest BCUT2D eigenvalue weighted by Crippen LogP contribution is 2.23. The van der Waals surface area contributed by atoms with Crippen LogP contribution in [-0.4, -0.2) is 12.3 Å². The van der Waals surface area contributed by atoms with Crippen molar-refractivity contribution in [2.24, 2.45) is 0 Å². The van der Waals surface area contributed by atoms with E-state index in [2.05, 4.69) is 6.58 Å². The first kappa shape index (κ1) is 8.80. The van der Waals surface area contributed by atoms with Crippen molar-refractivity contribution in [2.75, 3.05) is 6.16 Å². The summed E-state index contributed by atoms with van der Waals surface area (Å²) >= 11 is 0. The molecule has 1 atom stereocenters. The molecule has 1 unspecified atom stereocenters. The van der Waals surface area contributed by atoms with Gasteiger partial charge in [-0.2, -0.15) is 0 Å². The first-order chi connectivity index (χ1) is 4.16. The Morgan fingerprint density at radius 2 is 2.33 bits per heavy atom. The van der Waals surface area contributed by atoms with Crippen LogP contribution in [0.25, 0.3) is 0 Å². The molecule has 0 aliphatic carbocycles. The lowest BCUT2D eigenvalue weighted by atomic mass is 10.5. The molecule has 3 heteroatoms. The molecule has 0 aromatic rings. The number of hydrogen-bond acceptors (Lipinski definition) is 2. The Balaban J connectivity index is 3.38. The Morgan fingerprint density at radius 1 is 1.78 bits per heavy atom. The summed E-state index contributed by atoms with van der Waals surface area (Å²) in [6.45, 7) is 7.16. The number of hydrogen-bond donors (Lipinski definition) is 0. The van der Waals surface area contributed by atoms with Gasteiger partial charge in [-0.25, -0.2) is 0 Å². The Bertz CT molecular complexity index is 110. The molecule has 0 N–H and O–H groups in total. The molecule has 0 bridgehead atoms. The van der Waals surface area contributed by atoms with E-state index in [1.165, 1.54) is 0 Å². The molecule has 0 saturated carbocycles. The van der Waals surface area contributed by atoms with Gasteiger partial charge in [0.1, 0.15) is 6.10 Å². The van der Waals surface area contributed by atoms with Gasteiger partial charge in [-0.3, -0.25) is 0 Å². The van der Waals surface area contributed by atoms with E-state index in [4.69, 9.17) is 4.52 Å². The largest absolute Gasteiger partial charge is 0.512 e. The van der Waals surface area contributed by atoms with Crippen LogP contribution in [0.2, 0.25) is 0 Å².